The predicted octanol–water partition coefficient (Wildman–Crippen LogP) is 4.42. The van der Waals surface area contributed by atoms with Crippen molar-refractivity contribution < 1.29 is 28.2 Å². The zero-order valence-electron chi connectivity index (χ0n) is 21.3. The molecule has 1 unspecified atom stereocenters. The fraction of sp³-hybridized carbons (Fsp3) is 0.321. The largest absolute Gasteiger partial charge is 0.481 e. The molecular weight excluding hydrogens is 494 g/mol. The molecule has 0 aliphatic carbocycles. The average Bonchev–Trinajstić information content (AvgIpc) is 3.49. The number of carbonyl (C=O) groups excluding carboxylic acids is 1. The SMILES string of the molecule is COc1cc2cc(C(N)=O)n(CC3(c4cc(C(C)(C)O)c(F)c(-c5ccc(F)cc5)n4)CCCO3)c2cn1. The Bertz CT molecular complexity index is 1520. The number of nitrogens with two attached hydrogens (primary N) is 1. The van der Waals surface area contributed by atoms with Gasteiger partial charge in [-0.2, -0.15) is 0 Å². The van der Waals surface area contributed by atoms with E-state index in [-0.39, 0.29) is 23.5 Å². The number of carbonyl (C=O) groups is 1. The lowest BCUT2D eigenvalue weighted by Crippen LogP contribution is -2.34. The summed E-state index contributed by atoms with van der Waals surface area (Å²) in [6, 6.07) is 10.2. The van der Waals surface area contributed by atoms with Crippen LogP contribution in [-0.2, 0) is 22.5 Å². The number of ether oxygens (including phenoxy) is 2. The van der Waals surface area contributed by atoms with Gasteiger partial charge < -0.3 is 24.9 Å². The lowest BCUT2D eigenvalue weighted by molar-refractivity contribution is -0.0177. The molecular formula is C28H28F2N4O4. The van der Waals surface area contributed by atoms with Crippen molar-refractivity contribution in [2.75, 3.05) is 13.7 Å². The van der Waals surface area contributed by atoms with Gasteiger partial charge in [-0.1, -0.05) is 0 Å². The van der Waals surface area contributed by atoms with Crippen LogP contribution in [0.25, 0.3) is 22.2 Å². The smallest absolute Gasteiger partial charge is 0.265 e. The summed E-state index contributed by atoms with van der Waals surface area (Å²) in [7, 11) is 1.50. The van der Waals surface area contributed by atoms with Gasteiger partial charge >= 0.3 is 0 Å². The molecule has 10 heteroatoms. The van der Waals surface area contributed by atoms with Gasteiger partial charge in [0.25, 0.3) is 5.91 Å². The summed E-state index contributed by atoms with van der Waals surface area (Å²) in [6.45, 7) is 3.51. The molecule has 8 nitrogen and oxygen atoms in total. The molecule has 0 bridgehead atoms. The molecule has 3 N–H and O–H groups in total. The maximum absolute atomic E-state index is 15.7. The van der Waals surface area contributed by atoms with Crippen LogP contribution in [0.3, 0.4) is 0 Å². The Morgan fingerprint density at radius 1 is 1.24 bits per heavy atom. The summed E-state index contributed by atoms with van der Waals surface area (Å²) in [5.41, 5.74) is 4.72. The molecule has 1 amide bonds. The summed E-state index contributed by atoms with van der Waals surface area (Å²) in [5.74, 6) is -1.42. The maximum Gasteiger partial charge on any atom is 0.265 e. The number of hydrogen-bond donors (Lipinski definition) is 2. The van der Waals surface area contributed by atoms with Crippen LogP contribution in [0.1, 0.15) is 48.4 Å². The number of nitrogens with zero attached hydrogens (tertiary/aromatic N) is 3. The van der Waals surface area contributed by atoms with Crippen molar-refractivity contribution in [2.24, 2.45) is 5.73 Å². The van der Waals surface area contributed by atoms with Crippen molar-refractivity contribution in [3.8, 4) is 17.1 Å². The minimum absolute atomic E-state index is 0.0237. The molecule has 4 heterocycles. The third kappa shape index (κ3) is 4.50. The number of primary amides is 1. The Labute approximate surface area is 218 Å². The second-order valence-electron chi connectivity index (χ2n) is 10.00. The first-order chi connectivity index (χ1) is 18.0. The lowest BCUT2D eigenvalue weighted by atomic mass is 9.89. The second kappa shape index (κ2) is 9.45. The van der Waals surface area contributed by atoms with Crippen LogP contribution in [-0.4, -0.2) is 39.3 Å². The fourth-order valence-electron chi connectivity index (χ4n) is 4.99. The number of aromatic nitrogens is 3. The van der Waals surface area contributed by atoms with Gasteiger partial charge in [0.15, 0.2) is 5.82 Å². The van der Waals surface area contributed by atoms with E-state index in [0.717, 1.165) is 0 Å². The van der Waals surface area contributed by atoms with E-state index in [1.165, 1.54) is 51.3 Å². The van der Waals surface area contributed by atoms with Crippen molar-refractivity contribution in [1.29, 1.82) is 0 Å². The van der Waals surface area contributed by atoms with Gasteiger partial charge in [-0.05, 0) is 63.1 Å². The van der Waals surface area contributed by atoms with E-state index in [4.69, 9.17) is 15.2 Å². The number of methoxy groups -OCH3 is 1. The van der Waals surface area contributed by atoms with Gasteiger partial charge in [0.2, 0.25) is 5.88 Å². The van der Waals surface area contributed by atoms with Crippen molar-refractivity contribution in [3.05, 3.63) is 77.2 Å². The van der Waals surface area contributed by atoms with Crippen LogP contribution >= 0.6 is 0 Å². The van der Waals surface area contributed by atoms with Crippen LogP contribution in [0.5, 0.6) is 5.88 Å². The van der Waals surface area contributed by atoms with E-state index in [9.17, 15) is 14.3 Å². The quantitative estimate of drug-likeness (QED) is 0.372. The van der Waals surface area contributed by atoms with Gasteiger partial charge in [-0.25, -0.2) is 18.7 Å². The Hall–Kier alpha value is -3.89. The average molecular weight is 523 g/mol. The molecule has 1 aliphatic heterocycles. The molecule has 3 aromatic heterocycles. The third-order valence-corrected chi connectivity index (χ3v) is 6.94. The number of halogens is 2. The molecule has 5 rings (SSSR count). The highest BCUT2D eigenvalue weighted by atomic mass is 19.1. The zero-order chi connectivity index (χ0) is 27.2. The number of aliphatic hydroxyl groups is 1. The standard InChI is InChI=1S/C28H28F2N4O4/c1-27(2,36)19-13-22(33-25(24(19)30)16-5-7-18(29)8-6-16)28(9-4-10-38-28)15-34-20(26(31)35)11-17-12-23(37-3)32-14-21(17)34/h5-8,11-14,36H,4,9-10,15H2,1-3H3,(H2,31,35). The van der Waals surface area contributed by atoms with Crippen LogP contribution in [0, 0.1) is 11.6 Å². The Morgan fingerprint density at radius 3 is 2.58 bits per heavy atom. The summed E-state index contributed by atoms with van der Waals surface area (Å²) >= 11 is 0. The summed E-state index contributed by atoms with van der Waals surface area (Å²) in [5, 5.41) is 11.5. The minimum atomic E-state index is -1.55. The van der Waals surface area contributed by atoms with Gasteiger partial charge in [0.1, 0.15) is 22.8 Å². The van der Waals surface area contributed by atoms with E-state index in [0.29, 0.717) is 47.5 Å². The van der Waals surface area contributed by atoms with E-state index in [2.05, 4.69) is 9.97 Å². The van der Waals surface area contributed by atoms with E-state index in [1.807, 2.05) is 0 Å². The second-order valence-corrected chi connectivity index (χ2v) is 10.00. The highest BCUT2D eigenvalue weighted by Crippen LogP contribution is 2.42. The van der Waals surface area contributed by atoms with Crippen LogP contribution in [0.15, 0.2) is 48.7 Å². The van der Waals surface area contributed by atoms with Crippen molar-refractivity contribution in [2.45, 2.75) is 44.4 Å². The van der Waals surface area contributed by atoms with E-state index in [1.54, 1.807) is 22.9 Å². The highest BCUT2D eigenvalue weighted by Gasteiger charge is 2.42. The van der Waals surface area contributed by atoms with E-state index >= 15 is 4.39 Å². The molecule has 1 fully saturated rings. The Balaban J connectivity index is 1.71. The molecule has 198 valence electrons. The molecule has 38 heavy (non-hydrogen) atoms. The molecule has 1 atom stereocenters. The van der Waals surface area contributed by atoms with Gasteiger partial charge in [-0.3, -0.25) is 4.79 Å². The minimum Gasteiger partial charge on any atom is -0.481 e. The first-order valence-electron chi connectivity index (χ1n) is 12.2. The topological polar surface area (TPSA) is 112 Å². The van der Waals surface area contributed by atoms with Gasteiger partial charge in [0.05, 0.1) is 36.7 Å². The summed E-state index contributed by atoms with van der Waals surface area (Å²) in [4.78, 5) is 21.4. The fourth-order valence-corrected chi connectivity index (χ4v) is 4.99. The maximum atomic E-state index is 15.7. The number of amides is 1. The molecule has 1 saturated heterocycles. The highest BCUT2D eigenvalue weighted by molar-refractivity contribution is 5.97. The number of rotatable bonds is 7. The number of benzene rings is 1. The summed E-state index contributed by atoms with van der Waals surface area (Å²) in [6.07, 6.45) is 2.80. The molecule has 1 aromatic carbocycles. The number of fused-ring (bicyclic) bond motifs is 1. The number of pyridine rings is 2. The normalized spacial score (nSPS) is 17.7. The predicted molar refractivity (Wildman–Crippen MR) is 137 cm³/mol. The van der Waals surface area contributed by atoms with Gasteiger partial charge in [-0.15, -0.1) is 0 Å². The number of hydrogen-bond acceptors (Lipinski definition) is 6. The first kappa shape index (κ1) is 25.7. The van der Waals surface area contributed by atoms with Crippen LogP contribution in [0.2, 0.25) is 0 Å². The third-order valence-electron chi connectivity index (χ3n) is 6.94. The first-order valence-corrected chi connectivity index (χ1v) is 12.2. The van der Waals surface area contributed by atoms with Crippen molar-refractivity contribution >= 4 is 16.8 Å². The molecule has 0 spiro atoms. The van der Waals surface area contributed by atoms with E-state index < -0.39 is 28.7 Å². The van der Waals surface area contributed by atoms with Crippen molar-refractivity contribution in [3.63, 3.8) is 0 Å². The monoisotopic (exact) mass is 522 g/mol. The molecule has 4 aromatic rings. The molecule has 0 saturated carbocycles. The molecule has 1 aliphatic rings. The zero-order valence-corrected chi connectivity index (χ0v) is 21.3. The van der Waals surface area contributed by atoms with Crippen molar-refractivity contribution in [1.82, 2.24) is 14.5 Å². The lowest BCUT2D eigenvalue weighted by Gasteiger charge is -2.31. The summed E-state index contributed by atoms with van der Waals surface area (Å²) < 4.78 is 42.6. The van der Waals surface area contributed by atoms with Gasteiger partial charge in [0, 0.05) is 29.2 Å². The Morgan fingerprint density at radius 2 is 1.97 bits per heavy atom. The van der Waals surface area contributed by atoms with Crippen LogP contribution < -0.4 is 10.5 Å². The Kier molecular flexibility index (Phi) is 6.40. The molecule has 0 radical (unpaired) electrons. The van der Waals surface area contributed by atoms with Crippen LogP contribution in [0.4, 0.5) is 8.78 Å².